The molecule has 1 aromatic carbocycles. The molecule has 2 rings (SSSR count). The van der Waals surface area contributed by atoms with Crippen molar-refractivity contribution in [3.05, 3.63) is 24.3 Å². The van der Waals surface area contributed by atoms with Crippen LogP contribution in [0.25, 0.3) is 0 Å². The van der Waals surface area contributed by atoms with E-state index in [1.54, 1.807) is 0 Å². The summed E-state index contributed by atoms with van der Waals surface area (Å²) in [5, 5.41) is 11.5. The Labute approximate surface area is 136 Å². The van der Waals surface area contributed by atoms with Gasteiger partial charge >= 0.3 is 18.2 Å². The van der Waals surface area contributed by atoms with E-state index in [1.807, 2.05) is 0 Å². The maximum atomic E-state index is 12.1. The standard InChI is InChI=1S/C15H17F3N2O4/c16-15(17,18)9-24-12-3-1-11(2-4-12)19-14(23)20-7-5-10(6-8-20)13(21)22/h1-4,10H,5-9H2,(H,19,23)(H,21,22). The topological polar surface area (TPSA) is 78.9 Å². The van der Waals surface area contributed by atoms with Crippen molar-refractivity contribution in [2.45, 2.75) is 19.0 Å². The van der Waals surface area contributed by atoms with Crippen molar-refractivity contribution < 1.29 is 32.6 Å². The smallest absolute Gasteiger partial charge is 0.422 e. The molecule has 1 heterocycles. The van der Waals surface area contributed by atoms with Crippen molar-refractivity contribution in [1.29, 1.82) is 0 Å². The van der Waals surface area contributed by atoms with Gasteiger partial charge in [-0.3, -0.25) is 4.79 Å². The summed E-state index contributed by atoms with van der Waals surface area (Å²) in [6.45, 7) is -0.692. The molecule has 0 unspecified atom stereocenters. The normalized spacial score (nSPS) is 15.9. The first-order valence-corrected chi connectivity index (χ1v) is 7.33. The third kappa shape index (κ3) is 5.32. The number of carbonyl (C=O) groups excluding carboxylic acids is 1. The lowest BCUT2D eigenvalue weighted by Crippen LogP contribution is -2.42. The number of hydrogen-bond donors (Lipinski definition) is 2. The molecule has 2 amide bonds. The summed E-state index contributed by atoms with van der Waals surface area (Å²) in [5.74, 6) is -1.24. The fourth-order valence-corrected chi connectivity index (χ4v) is 2.33. The highest BCUT2D eigenvalue weighted by molar-refractivity contribution is 5.89. The number of anilines is 1. The van der Waals surface area contributed by atoms with Gasteiger partial charge in [0.1, 0.15) is 5.75 Å². The fourth-order valence-electron chi connectivity index (χ4n) is 2.33. The molecule has 24 heavy (non-hydrogen) atoms. The van der Waals surface area contributed by atoms with E-state index in [1.165, 1.54) is 29.2 Å². The van der Waals surface area contributed by atoms with Gasteiger partial charge in [-0.15, -0.1) is 0 Å². The van der Waals surface area contributed by atoms with Gasteiger partial charge in [-0.25, -0.2) is 4.79 Å². The Morgan fingerprint density at radius 2 is 1.79 bits per heavy atom. The van der Waals surface area contributed by atoms with Gasteiger partial charge < -0.3 is 20.1 Å². The molecule has 132 valence electrons. The zero-order valence-electron chi connectivity index (χ0n) is 12.7. The van der Waals surface area contributed by atoms with E-state index in [4.69, 9.17) is 5.11 Å². The van der Waals surface area contributed by atoms with Gasteiger partial charge in [-0.1, -0.05) is 0 Å². The summed E-state index contributed by atoms with van der Waals surface area (Å²) in [6.07, 6.45) is -3.62. The molecule has 0 spiro atoms. The van der Waals surface area contributed by atoms with Crippen LogP contribution in [0.4, 0.5) is 23.7 Å². The maximum absolute atomic E-state index is 12.1. The summed E-state index contributed by atoms with van der Waals surface area (Å²) in [6, 6.07) is 5.17. The highest BCUT2D eigenvalue weighted by Crippen LogP contribution is 2.21. The van der Waals surface area contributed by atoms with Crippen LogP contribution in [0.5, 0.6) is 5.75 Å². The van der Waals surface area contributed by atoms with Crippen molar-refractivity contribution in [1.82, 2.24) is 4.90 Å². The second-order valence-corrected chi connectivity index (χ2v) is 5.46. The molecule has 9 heteroatoms. The molecular weight excluding hydrogens is 329 g/mol. The van der Waals surface area contributed by atoms with E-state index in [9.17, 15) is 22.8 Å². The van der Waals surface area contributed by atoms with Gasteiger partial charge in [-0.2, -0.15) is 13.2 Å². The number of urea groups is 1. The number of piperidine rings is 1. The average molecular weight is 346 g/mol. The third-order valence-electron chi connectivity index (χ3n) is 3.64. The molecule has 0 atom stereocenters. The monoisotopic (exact) mass is 346 g/mol. The van der Waals surface area contributed by atoms with E-state index in [0.717, 1.165) is 0 Å². The lowest BCUT2D eigenvalue weighted by Gasteiger charge is -2.30. The number of nitrogens with zero attached hydrogens (tertiary/aromatic N) is 1. The number of likely N-dealkylation sites (tertiary alicyclic amines) is 1. The largest absolute Gasteiger partial charge is 0.484 e. The van der Waals surface area contributed by atoms with Gasteiger partial charge in [0.15, 0.2) is 6.61 Å². The number of carboxylic acid groups (broad SMARTS) is 1. The number of amides is 2. The van der Waals surface area contributed by atoms with Crippen LogP contribution in [0.15, 0.2) is 24.3 Å². The number of rotatable bonds is 4. The Balaban J connectivity index is 1.83. The average Bonchev–Trinajstić information content (AvgIpc) is 2.53. The molecule has 2 N–H and O–H groups in total. The number of halogens is 3. The van der Waals surface area contributed by atoms with Crippen molar-refractivity contribution >= 4 is 17.7 Å². The molecule has 1 saturated heterocycles. The summed E-state index contributed by atoms with van der Waals surface area (Å²) >= 11 is 0. The van der Waals surface area contributed by atoms with Crippen LogP contribution in [0.3, 0.4) is 0 Å². The number of carbonyl (C=O) groups is 2. The number of aliphatic carboxylic acids is 1. The van der Waals surface area contributed by atoms with Gasteiger partial charge in [-0.05, 0) is 37.1 Å². The molecule has 6 nitrogen and oxygen atoms in total. The second-order valence-electron chi connectivity index (χ2n) is 5.46. The van der Waals surface area contributed by atoms with E-state index in [0.29, 0.717) is 31.6 Å². The van der Waals surface area contributed by atoms with Crippen LogP contribution in [-0.2, 0) is 4.79 Å². The van der Waals surface area contributed by atoms with Crippen molar-refractivity contribution in [2.24, 2.45) is 5.92 Å². The number of alkyl halides is 3. The summed E-state index contributed by atoms with van der Waals surface area (Å²) in [7, 11) is 0. The van der Waals surface area contributed by atoms with Crippen LogP contribution in [0.2, 0.25) is 0 Å². The van der Waals surface area contributed by atoms with Gasteiger partial charge in [0.25, 0.3) is 0 Å². The quantitative estimate of drug-likeness (QED) is 0.879. The highest BCUT2D eigenvalue weighted by atomic mass is 19.4. The molecule has 0 aliphatic carbocycles. The molecule has 0 aromatic heterocycles. The third-order valence-corrected chi connectivity index (χ3v) is 3.64. The molecular formula is C15H17F3N2O4. The minimum Gasteiger partial charge on any atom is -0.484 e. The van der Waals surface area contributed by atoms with E-state index in [-0.39, 0.29) is 11.8 Å². The Hall–Kier alpha value is -2.45. The van der Waals surface area contributed by atoms with E-state index < -0.39 is 24.7 Å². The van der Waals surface area contributed by atoms with E-state index in [2.05, 4.69) is 10.1 Å². The fraction of sp³-hybridized carbons (Fsp3) is 0.467. The predicted molar refractivity (Wildman–Crippen MR) is 78.9 cm³/mol. The van der Waals surface area contributed by atoms with Crippen molar-refractivity contribution in [3.8, 4) is 5.75 Å². The lowest BCUT2D eigenvalue weighted by molar-refractivity contribution is -0.153. The molecule has 0 saturated carbocycles. The zero-order chi connectivity index (χ0) is 17.7. The van der Waals surface area contributed by atoms with Crippen molar-refractivity contribution in [3.63, 3.8) is 0 Å². The Bertz CT molecular complexity index is 581. The Kier molecular flexibility index (Phi) is 5.53. The maximum Gasteiger partial charge on any atom is 0.422 e. The Morgan fingerprint density at radius 1 is 1.21 bits per heavy atom. The van der Waals surface area contributed by atoms with Crippen LogP contribution < -0.4 is 10.1 Å². The first-order valence-electron chi connectivity index (χ1n) is 7.33. The number of benzene rings is 1. The minimum absolute atomic E-state index is 0.0487. The molecule has 0 radical (unpaired) electrons. The van der Waals surface area contributed by atoms with Gasteiger partial charge in [0, 0.05) is 18.8 Å². The number of carboxylic acids is 1. The zero-order valence-corrected chi connectivity index (χ0v) is 12.7. The number of nitrogens with one attached hydrogen (secondary N) is 1. The summed E-state index contributed by atoms with van der Waals surface area (Å²) in [4.78, 5) is 24.4. The van der Waals surface area contributed by atoms with Crippen LogP contribution >= 0.6 is 0 Å². The molecule has 1 aliphatic rings. The van der Waals surface area contributed by atoms with Crippen LogP contribution in [0, 0.1) is 5.92 Å². The summed E-state index contributed by atoms with van der Waals surface area (Å²) in [5.41, 5.74) is 0.416. The summed E-state index contributed by atoms with van der Waals surface area (Å²) < 4.78 is 40.7. The van der Waals surface area contributed by atoms with Crippen molar-refractivity contribution in [2.75, 3.05) is 25.0 Å². The van der Waals surface area contributed by atoms with Crippen LogP contribution in [0.1, 0.15) is 12.8 Å². The molecule has 0 bridgehead atoms. The molecule has 1 aliphatic heterocycles. The van der Waals surface area contributed by atoms with Crippen LogP contribution in [-0.4, -0.2) is 47.9 Å². The van der Waals surface area contributed by atoms with Gasteiger partial charge in [0.05, 0.1) is 5.92 Å². The van der Waals surface area contributed by atoms with E-state index >= 15 is 0 Å². The predicted octanol–water partition coefficient (Wildman–Crippen LogP) is 2.96. The lowest BCUT2D eigenvalue weighted by atomic mass is 9.97. The molecule has 1 fully saturated rings. The first kappa shape index (κ1) is 17.9. The second kappa shape index (κ2) is 7.41. The number of hydrogen-bond acceptors (Lipinski definition) is 3. The Morgan fingerprint density at radius 3 is 2.29 bits per heavy atom. The highest BCUT2D eigenvalue weighted by Gasteiger charge is 2.28. The minimum atomic E-state index is -4.41. The van der Waals surface area contributed by atoms with Gasteiger partial charge in [0.2, 0.25) is 0 Å². The SMILES string of the molecule is O=C(O)C1CCN(C(=O)Nc2ccc(OCC(F)(F)F)cc2)CC1. The number of ether oxygens (including phenoxy) is 1. The first-order chi connectivity index (χ1) is 11.2. The molecule has 1 aromatic rings.